The van der Waals surface area contributed by atoms with Crippen molar-refractivity contribution >= 4 is 0 Å². The standard InChI is InChI=1S/C13H17NO2.C2H6/c1-9(2)14-10(3)6-11-4-5-12-13(7-11)16-8-15-12;1-2/h4-5,7,10,14H,1,6,8H2,2-3H3;1-2H3. The Morgan fingerprint density at radius 1 is 1.33 bits per heavy atom. The van der Waals surface area contributed by atoms with E-state index in [0.29, 0.717) is 12.8 Å². The van der Waals surface area contributed by atoms with Crippen LogP contribution in [0.15, 0.2) is 30.5 Å². The molecule has 3 nitrogen and oxygen atoms in total. The summed E-state index contributed by atoms with van der Waals surface area (Å²) >= 11 is 0. The molecule has 0 radical (unpaired) electrons. The monoisotopic (exact) mass is 249 g/mol. The molecule has 1 aromatic rings. The maximum Gasteiger partial charge on any atom is 0.231 e. The molecule has 3 heteroatoms. The average Bonchev–Trinajstić information content (AvgIpc) is 2.77. The van der Waals surface area contributed by atoms with Crippen LogP contribution >= 0.6 is 0 Å². The lowest BCUT2D eigenvalue weighted by atomic mass is 10.1. The minimum atomic E-state index is 0.332. The maximum atomic E-state index is 5.34. The molecule has 100 valence electrons. The van der Waals surface area contributed by atoms with Crippen molar-refractivity contribution in [3.05, 3.63) is 36.0 Å². The molecule has 0 amide bonds. The Balaban J connectivity index is 0.000000771. The van der Waals surface area contributed by atoms with E-state index in [0.717, 1.165) is 23.6 Å². The molecule has 1 heterocycles. The lowest BCUT2D eigenvalue weighted by molar-refractivity contribution is 0.174. The molecule has 2 rings (SSSR count). The number of hydrogen-bond donors (Lipinski definition) is 1. The van der Waals surface area contributed by atoms with E-state index in [-0.39, 0.29) is 0 Å². The molecule has 1 atom stereocenters. The van der Waals surface area contributed by atoms with E-state index in [2.05, 4.69) is 24.9 Å². The van der Waals surface area contributed by atoms with Crippen LogP contribution in [0.5, 0.6) is 11.5 Å². The predicted octanol–water partition coefficient (Wildman–Crippen LogP) is 3.50. The van der Waals surface area contributed by atoms with Crippen molar-refractivity contribution in [2.45, 2.75) is 40.2 Å². The van der Waals surface area contributed by atoms with E-state index >= 15 is 0 Å². The second kappa shape index (κ2) is 6.94. The highest BCUT2D eigenvalue weighted by atomic mass is 16.7. The van der Waals surface area contributed by atoms with Crippen molar-refractivity contribution in [3.63, 3.8) is 0 Å². The Morgan fingerprint density at radius 2 is 2.00 bits per heavy atom. The topological polar surface area (TPSA) is 30.5 Å². The summed E-state index contributed by atoms with van der Waals surface area (Å²) in [6.45, 7) is 12.3. The highest BCUT2D eigenvalue weighted by Crippen LogP contribution is 2.32. The highest BCUT2D eigenvalue weighted by molar-refractivity contribution is 5.44. The van der Waals surface area contributed by atoms with Crippen molar-refractivity contribution < 1.29 is 9.47 Å². The summed E-state index contributed by atoms with van der Waals surface area (Å²) in [7, 11) is 0. The van der Waals surface area contributed by atoms with Crippen LogP contribution in [0.3, 0.4) is 0 Å². The van der Waals surface area contributed by atoms with Crippen LogP contribution in [0.1, 0.15) is 33.3 Å². The smallest absolute Gasteiger partial charge is 0.231 e. The van der Waals surface area contributed by atoms with Crippen molar-refractivity contribution in [2.24, 2.45) is 0 Å². The van der Waals surface area contributed by atoms with Gasteiger partial charge in [-0.3, -0.25) is 0 Å². The zero-order chi connectivity index (χ0) is 13.5. The summed E-state index contributed by atoms with van der Waals surface area (Å²) in [5.74, 6) is 1.68. The first-order valence-electron chi connectivity index (χ1n) is 6.46. The number of nitrogens with one attached hydrogen (secondary N) is 1. The van der Waals surface area contributed by atoms with Gasteiger partial charge >= 0.3 is 0 Å². The number of benzene rings is 1. The van der Waals surface area contributed by atoms with Crippen LogP contribution in [0.2, 0.25) is 0 Å². The number of hydrogen-bond acceptors (Lipinski definition) is 3. The summed E-state index contributed by atoms with van der Waals surface area (Å²) in [6.07, 6.45) is 0.948. The Morgan fingerprint density at radius 3 is 2.67 bits per heavy atom. The van der Waals surface area contributed by atoms with Crippen molar-refractivity contribution in [3.8, 4) is 11.5 Å². The lowest BCUT2D eigenvalue weighted by Gasteiger charge is -2.14. The van der Waals surface area contributed by atoms with Gasteiger partial charge in [-0.25, -0.2) is 0 Å². The summed E-state index contributed by atoms with van der Waals surface area (Å²) in [6, 6.07) is 6.45. The number of fused-ring (bicyclic) bond motifs is 1. The van der Waals surface area contributed by atoms with Crippen LogP contribution in [0.25, 0.3) is 0 Å². The molecule has 1 aliphatic heterocycles. The molecule has 1 aromatic carbocycles. The van der Waals surface area contributed by atoms with Gasteiger partial charge in [0.05, 0.1) is 0 Å². The first-order chi connectivity index (χ1) is 8.65. The summed E-state index contributed by atoms with van der Waals surface area (Å²) in [4.78, 5) is 0. The van der Waals surface area contributed by atoms with Gasteiger partial charge in [-0.05, 0) is 38.0 Å². The highest BCUT2D eigenvalue weighted by Gasteiger charge is 2.13. The largest absolute Gasteiger partial charge is 0.454 e. The quantitative estimate of drug-likeness (QED) is 0.886. The fourth-order valence-corrected chi connectivity index (χ4v) is 1.89. The maximum absolute atomic E-state index is 5.34. The van der Waals surface area contributed by atoms with Crippen LogP contribution in [0, 0.1) is 0 Å². The fourth-order valence-electron chi connectivity index (χ4n) is 1.89. The molecule has 0 aliphatic carbocycles. The van der Waals surface area contributed by atoms with Crippen LogP contribution in [-0.2, 0) is 6.42 Å². The zero-order valence-corrected chi connectivity index (χ0v) is 11.7. The first kappa shape index (κ1) is 14.4. The zero-order valence-electron chi connectivity index (χ0n) is 11.7. The van der Waals surface area contributed by atoms with Gasteiger partial charge in [0.25, 0.3) is 0 Å². The van der Waals surface area contributed by atoms with E-state index < -0.39 is 0 Å². The Bertz CT molecular complexity index is 401. The third kappa shape index (κ3) is 3.99. The third-order valence-corrected chi connectivity index (χ3v) is 2.47. The van der Waals surface area contributed by atoms with Crippen molar-refractivity contribution in [2.75, 3.05) is 6.79 Å². The molecule has 1 N–H and O–H groups in total. The fraction of sp³-hybridized carbons (Fsp3) is 0.467. The molecular formula is C15H23NO2. The number of ether oxygens (including phenoxy) is 2. The summed E-state index contributed by atoms with van der Waals surface area (Å²) in [5, 5.41) is 3.29. The van der Waals surface area contributed by atoms with E-state index in [1.54, 1.807) is 0 Å². The van der Waals surface area contributed by atoms with Gasteiger partial charge in [0.2, 0.25) is 6.79 Å². The number of allylic oxidation sites excluding steroid dienone is 1. The molecule has 1 unspecified atom stereocenters. The first-order valence-corrected chi connectivity index (χ1v) is 6.46. The Hall–Kier alpha value is -1.64. The van der Waals surface area contributed by atoms with Crippen LogP contribution in [0.4, 0.5) is 0 Å². The van der Waals surface area contributed by atoms with Gasteiger partial charge in [0, 0.05) is 11.7 Å². The molecule has 0 aromatic heterocycles. The minimum Gasteiger partial charge on any atom is -0.454 e. The predicted molar refractivity (Wildman–Crippen MR) is 75.0 cm³/mol. The van der Waals surface area contributed by atoms with Gasteiger partial charge in [-0.2, -0.15) is 0 Å². The van der Waals surface area contributed by atoms with Crippen molar-refractivity contribution in [1.82, 2.24) is 5.32 Å². The van der Waals surface area contributed by atoms with Crippen molar-refractivity contribution in [1.29, 1.82) is 0 Å². The average molecular weight is 249 g/mol. The molecule has 0 spiro atoms. The minimum absolute atomic E-state index is 0.332. The molecule has 1 aliphatic rings. The van der Waals surface area contributed by atoms with Crippen LogP contribution in [-0.4, -0.2) is 12.8 Å². The number of rotatable bonds is 4. The van der Waals surface area contributed by atoms with E-state index in [9.17, 15) is 0 Å². The normalized spacial score (nSPS) is 13.3. The molecule has 0 saturated carbocycles. The second-order valence-electron chi connectivity index (χ2n) is 4.22. The van der Waals surface area contributed by atoms with Gasteiger partial charge in [-0.1, -0.05) is 26.5 Å². The molecule has 0 saturated heterocycles. The third-order valence-electron chi connectivity index (χ3n) is 2.47. The second-order valence-corrected chi connectivity index (χ2v) is 4.22. The van der Waals surface area contributed by atoms with Crippen LogP contribution < -0.4 is 14.8 Å². The molecular weight excluding hydrogens is 226 g/mol. The molecule has 18 heavy (non-hydrogen) atoms. The van der Waals surface area contributed by atoms with E-state index in [1.165, 1.54) is 5.56 Å². The van der Waals surface area contributed by atoms with E-state index in [1.807, 2.05) is 32.9 Å². The van der Waals surface area contributed by atoms with Gasteiger partial charge in [0.1, 0.15) is 0 Å². The Labute approximate surface area is 110 Å². The van der Waals surface area contributed by atoms with Gasteiger partial charge < -0.3 is 14.8 Å². The molecule has 0 fully saturated rings. The summed E-state index contributed by atoms with van der Waals surface area (Å²) in [5.41, 5.74) is 2.23. The van der Waals surface area contributed by atoms with Gasteiger partial charge in [0.15, 0.2) is 11.5 Å². The SMILES string of the molecule is C=C(C)NC(C)Cc1ccc2c(c1)OCO2.CC. The molecule has 0 bridgehead atoms. The van der Waals surface area contributed by atoms with Gasteiger partial charge in [-0.15, -0.1) is 0 Å². The summed E-state index contributed by atoms with van der Waals surface area (Å²) < 4.78 is 10.6. The lowest BCUT2D eigenvalue weighted by Crippen LogP contribution is -2.25. The Kier molecular flexibility index (Phi) is 5.56. The van der Waals surface area contributed by atoms with E-state index in [4.69, 9.17) is 9.47 Å².